The van der Waals surface area contributed by atoms with Gasteiger partial charge in [0.15, 0.2) is 0 Å². The fourth-order valence-electron chi connectivity index (χ4n) is 2.32. The number of carboxylic acids is 1. The lowest BCUT2D eigenvalue weighted by molar-refractivity contribution is -0.139. The molecule has 0 aliphatic carbocycles. The maximum absolute atomic E-state index is 12.9. The predicted molar refractivity (Wildman–Crippen MR) is 95.9 cm³/mol. The minimum Gasteiger partial charge on any atom is -0.486 e. The molecule has 0 aliphatic rings. The molecule has 0 aliphatic heterocycles. The van der Waals surface area contributed by atoms with Crippen LogP contribution in [-0.2, 0) is 11.4 Å². The Hall–Kier alpha value is -2.48. The van der Waals surface area contributed by atoms with Gasteiger partial charge in [0, 0.05) is 0 Å². The van der Waals surface area contributed by atoms with Gasteiger partial charge in [0.25, 0.3) is 5.91 Å². The number of rotatable bonds is 8. The number of aliphatic carboxylic acids is 1. The number of aryl methyl sites for hydroxylation is 1. The highest BCUT2D eigenvalue weighted by Gasteiger charge is 2.24. The number of hydrogen-bond donors (Lipinski definition) is 2. The quantitative estimate of drug-likeness (QED) is 0.733. The van der Waals surface area contributed by atoms with Crippen molar-refractivity contribution < 1.29 is 23.8 Å². The number of carboxylic acid groups (broad SMARTS) is 1. The van der Waals surface area contributed by atoms with E-state index in [0.717, 1.165) is 11.3 Å². The molecule has 1 heterocycles. The molecular weight excluding hydrogens is 359 g/mol. The topological polar surface area (TPSA) is 88.5 Å². The van der Waals surface area contributed by atoms with Gasteiger partial charge in [-0.15, -0.1) is 11.3 Å². The number of ether oxygens (including phenoxy) is 1. The van der Waals surface area contributed by atoms with E-state index in [9.17, 15) is 19.1 Å². The van der Waals surface area contributed by atoms with Crippen LogP contribution in [0.2, 0.25) is 0 Å². The van der Waals surface area contributed by atoms with Crippen LogP contribution in [0.4, 0.5) is 4.39 Å². The number of aromatic nitrogens is 1. The first-order valence-corrected chi connectivity index (χ1v) is 8.96. The molecule has 6 nitrogen and oxygen atoms in total. The second-order valence-electron chi connectivity index (χ2n) is 6.26. The van der Waals surface area contributed by atoms with Crippen molar-refractivity contribution >= 4 is 23.2 Å². The third-order valence-electron chi connectivity index (χ3n) is 3.53. The van der Waals surface area contributed by atoms with Gasteiger partial charge in [-0.05, 0) is 43.5 Å². The number of halogens is 1. The predicted octanol–water partition coefficient (Wildman–Crippen LogP) is 3.40. The first-order chi connectivity index (χ1) is 12.3. The SMILES string of the molecule is Cc1nc(COc2ccc(F)cc2)sc1C(=O)NC(CC(C)C)C(=O)O. The van der Waals surface area contributed by atoms with Crippen molar-refractivity contribution in [3.8, 4) is 5.75 Å². The van der Waals surface area contributed by atoms with E-state index in [1.165, 1.54) is 24.3 Å². The van der Waals surface area contributed by atoms with Crippen LogP contribution in [0.1, 0.15) is 40.6 Å². The Labute approximate surface area is 155 Å². The lowest BCUT2D eigenvalue weighted by atomic mass is 10.0. The minimum absolute atomic E-state index is 0.138. The van der Waals surface area contributed by atoms with Crippen molar-refractivity contribution in [2.24, 2.45) is 5.92 Å². The molecule has 0 radical (unpaired) electrons. The van der Waals surface area contributed by atoms with E-state index in [1.807, 2.05) is 13.8 Å². The van der Waals surface area contributed by atoms with Crippen LogP contribution in [0.15, 0.2) is 24.3 Å². The van der Waals surface area contributed by atoms with Gasteiger partial charge in [0.2, 0.25) is 0 Å². The van der Waals surface area contributed by atoms with Crippen LogP contribution < -0.4 is 10.1 Å². The number of carbonyl (C=O) groups excluding carboxylic acids is 1. The van der Waals surface area contributed by atoms with Gasteiger partial charge in [0.1, 0.15) is 34.1 Å². The molecule has 1 atom stereocenters. The van der Waals surface area contributed by atoms with Gasteiger partial charge in [0.05, 0.1) is 5.69 Å². The summed E-state index contributed by atoms with van der Waals surface area (Å²) < 4.78 is 18.4. The lowest BCUT2D eigenvalue weighted by Crippen LogP contribution is -2.41. The Bertz CT molecular complexity index is 774. The van der Waals surface area contributed by atoms with Crippen LogP contribution in [-0.4, -0.2) is 28.0 Å². The smallest absolute Gasteiger partial charge is 0.326 e. The minimum atomic E-state index is -1.06. The maximum atomic E-state index is 12.9. The van der Waals surface area contributed by atoms with Gasteiger partial charge in [-0.1, -0.05) is 13.8 Å². The molecule has 0 saturated heterocycles. The molecule has 0 bridgehead atoms. The molecule has 0 spiro atoms. The average Bonchev–Trinajstić information content (AvgIpc) is 2.94. The normalized spacial score (nSPS) is 12.0. The highest BCUT2D eigenvalue weighted by atomic mass is 32.1. The number of carbonyl (C=O) groups is 2. The fourth-order valence-corrected chi connectivity index (χ4v) is 3.20. The third kappa shape index (κ3) is 5.52. The summed E-state index contributed by atoms with van der Waals surface area (Å²) in [6.07, 6.45) is 0.347. The van der Waals surface area contributed by atoms with Gasteiger partial charge < -0.3 is 15.2 Å². The molecule has 1 amide bonds. The molecule has 1 aromatic heterocycles. The van der Waals surface area contributed by atoms with Gasteiger partial charge in [-0.25, -0.2) is 14.2 Å². The molecule has 2 rings (SSSR count). The number of amides is 1. The first kappa shape index (κ1) is 19.8. The van der Waals surface area contributed by atoms with Crippen LogP contribution >= 0.6 is 11.3 Å². The van der Waals surface area contributed by atoms with Crippen LogP contribution in [0, 0.1) is 18.7 Å². The van der Waals surface area contributed by atoms with E-state index in [0.29, 0.717) is 27.7 Å². The van der Waals surface area contributed by atoms with E-state index in [4.69, 9.17) is 4.74 Å². The molecule has 1 aromatic carbocycles. The van der Waals surface area contributed by atoms with Crippen LogP contribution in [0.3, 0.4) is 0 Å². The number of benzene rings is 1. The summed E-state index contributed by atoms with van der Waals surface area (Å²) >= 11 is 1.15. The molecule has 0 saturated carbocycles. The molecule has 2 aromatic rings. The van der Waals surface area contributed by atoms with Crippen molar-refractivity contribution in [3.63, 3.8) is 0 Å². The summed E-state index contributed by atoms with van der Waals surface area (Å²) in [4.78, 5) is 28.3. The molecular formula is C18H21FN2O4S. The standard InChI is InChI=1S/C18H21FN2O4S/c1-10(2)8-14(18(23)24)21-17(22)16-11(3)20-15(26-16)9-25-13-6-4-12(19)5-7-13/h4-7,10,14H,8-9H2,1-3H3,(H,21,22)(H,23,24). The molecule has 140 valence electrons. The number of thiazole rings is 1. The first-order valence-electron chi connectivity index (χ1n) is 8.14. The highest BCUT2D eigenvalue weighted by molar-refractivity contribution is 7.13. The largest absolute Gasteiger partial charge is 0.486 e. The molecule has 0 fully saturated rings. The lowest BCUT2D eigenvalue weighted by Gasteiger charge is -2.15. The van der Waals surface area contributed by atoms with E-state index in [-0.39, 0.29) is 18.3 Å². The van der Waals surface area contributed by atoms with Crippen molar-refractivity contribution in [1.29, 1.82) is 0 Å². The third-order valence-corrected chi connectivity index (χ3v) is 4.66. The van der Waals surface area contributed by atoms with Gasteiger partial charge >= 0.3 is 5.97 Å². The van der Waals surface area contributed by atoms with Crippen molar-refractivity contribution in [1.82, 2.24) is 10.3 Å². The van der Waals surface area contributed by atoms with Crippen LogP contribution in [0.5, 0.6) is 5.75 Å². The Morgan fingerprint density at radius 3 is 2.54 bits per heavy atom. The summed E-state index contributed by atoms with van der Waals surface area (Å²) in [6, 6.07) is 4.66. The van der Waals surface area contributed by atoms with E-state index in [2.05, 4.69) is 10.3 Å². The summed E-state index contributed by atoms with van der Waals surface area (Å²) in [6.45, 7) is 5.61. The van der Waals surface area contributed by atoms with Crippen LogP contribution in [0.25, 0.3) is 0 Å². The number of hydrogen-bond acceptors (Lipinski definition) is 5. The molecule has 8 heteroatoms. The maximum Gasteiger partial charge on any atom is 0.326 e. The van der Waals surface area contributed by atoms with Crippen molar-refractivity contribution in [3.05, 3.63) is 45.7 Å². The molecule has 26 heavy (non-hydrogen) atoms. The average molecular weight is 380 g/mol. The monoisotopic (exact) mass is 380 g/mol. The fraction of sp³-hybridized carbons (Fsp3) is 0.389. The van der Waals surface area contributed by atoms with Crippen molar-refractivity contribution in [2.75, 3.05) is 0 Å². The Balaban J connectivity index is 2.02. The molecule has 2 N–H and O–H groups in total. The highest BCUT2D eigenvalue weighted by Crippen LogP contribution is 2.21. The zero-order valence-corrected chi connectivity index (χ0v) is 15.6. The van der Waals surface area contributed by atoms with E-state index >= 15 is 0 Å². The Morgan fingerprint density at radius 2 is 1.96 bits per heavy atom. The number of nitrogens with zero attached hydrogens (tertiary/aromatic N) is 1. The zero-order chi connectivity index (χ0) is 19.3. The van der Waals surface area contributed by atoms with E-state index in [1.54, 1.807) is 6.92 Å². The Morgan fingerprint density at radius 1 is 1.31 bits per heavy atom. The summed E-state index contributed by atoms with van der Waals surface area (Å²) in [5, 5.41) is 12.4. The Kier molecular flexibility index (Phi) is 6.68. The van der Waals surface area contributed by atoms with E-state index < -0.39 is 17.9 Å². The summed E-state index contributed by atoms with van der Waals surface area (Å²) in [7, 11) is 0. The number of nitrogens with one attached hydrogen (secondary N) is 1. The second kappa shape index (κ2) is 8.75. The second-order valence-corrected chi connectivity index (χ2v) is 7.34. The molecule has 1 unspecified atom stereocenters. The van der Waals surface area contributed by atoms with Gasteiger partial charge in [-0.2, -0.15) is 0 Å². The van der Waals surface area contributed by atoms with Gasteiger partial charge in [-0.3, -0.25) is 4.79 Å². The van der Waals surface area contributed by atoms with Crippen molar-refractivity contribution in [2.45, 2.75) is 39.8 Å². The zero-order valence-electron chi connectivity index (χ0n) is 14.8. The summed E-state index contributed by atoms with van der Waals surface area (Å²) in [5.74, 6) is -1.24. The summed E-state index contributed by atoms with van der Waals surface area (Å²) in [5.41, 5.74) is 0.513.